The van der Waals surface area contributed by atoms with E-state index in [0.717, 1.165) is 11.3 Å². The van der Waals surface area contributed by atoms with E-state index >= 15 is 0 Å². The molecule has 0 bridgehead atoms. The molecule has 23 heavy (non-hydrogen) atoms. The van der Waals surface area contributed by atoms with Gasteiger partial charge in [-0.05, 0) is 18.2 Å². The van der Waals surface area contributed by atoms with Crippen molar-refractivity contribution in [2.75, 3.05) is 20.2 Å². The fourth-order valence-electron chi connectivity index (χ4n) is 2.47. The SMILES string of the molecule is CN(CCOc1cccc(Cl)c1)C(=O)C1NCc2ncncc21. The predicted octanol–water partition coefficient (Wildman–Crippen LogP) is 1.81. The third kappa shape index (κ3) is 3.60. The predicted molar refractivity (Wildman–Crippen MR) is 86.2 cm³/mol. The number of halogens is 1. The Bertz CT molecular complexity index is 710. The topological polar surface area (TPSA) is 67.3 Å². The standard InChI is InChI=1S/C16H17ClN4O2/c1-21(5-6-23-12-4-2-3-11(17)7-12)16(22)15-13-8-18-10-20-14(13)9-19-15/h2-4,7-8,10,15,19H,5-6,9H2,1H3. The largest absolute Gasteiger partial charge is 0.492 e. The molecule has 3 rings (SSSR count). The van der Waals surface area contributed by atoms with Gasteiger partial charge in [0.25, 0.3) is 0 Å². The van der Waals surface area contributed by atoms with Crippen LogP contribution < -0.4 is 10.1 Å². The van der Waals surface area contributed by atoms with Crippen molar-refractivity contribution in [1.29, 1.82) is 0 Å². The quantitative estimate of drug-likeness (QED) is 0.904. The van der Waals surface area contributed by atoms with E-state index in [0.29, 0.717) is 30.5 Å². The van der Waals surface area contributed by atoms with Crippen LogP contribution in [0.3, 0.4) is 0 Å². The molecule has 0 saturated carbocycles. The third-order valence-corrected chi connectivity index (χ3v) is 3.96. The first kappa shape index (κ1) is 15.7. The molecule has 2 aromatic rings. The maximum Gasteiger partial charge on any atom is 0.244 e. The smallest absolute Gasteiger partial charge is 0.244 e. The summed E-state index contributed by atoms with van der Waals surface area (Å²) in [7, 11) is 1.76. The Morgan fingerprint density at radius 3 is 3.22 bits per heavy atom. The zero-order chi connectivity index (χ0) is 16.2. The zero-order valence-corrected chi connectivity index (χ0v) is 13.5. The van der Waals surface area contributed by atoms with Crippen LogP contribution in [0.1, 0.15) is 17.3 Å². The van der Waals surface area contributed by atoms with E-state index < -0.39 is 0 Å². The van der Waals surface area contributed by atoms with Gasteiger partial charge in [0.15, 0.2) is 0 Å². The van der Waals surface area contributed by atoms with Gasteiger partial charge < -0.3 is 9.64 Å². The lowest BCUT2D eigenvalue weighted by Gasteiger charge is -2.21. The van der Waals surface area contributed by atoms with E-state index in [1.165, 1.54) is 6.33 Å². The van der Waals surface area contributed by atoms with Crippen molar-refractivity contribution in [1.82, 2.24) is 20.2 Å². The molecule has 0 fully saturated rings. The first-order chi connectivity index (χ1) is 11.1. The van der Waals surface area contributed by atoms with Crippen LogP contribution >= 0.6 is 11.6 Å². The van der Waals surface area contributed by atoms with E-state index in [4.69, 9.17) is 16.3 Å². The van der Waals surface area contributed by atoms with Crippen molar-refractivity contribution >= 4 is 17.5 Å². The second kappa shape index (κ2) is 6.93. The van der Waals surface area contributed by atoms with Crippen LogP contribution in [0.25, 0.3) is 0 Å². The van der Waals surface area contributed by atoms with Gasteiger partial charge in [0.1, 0.15) is 24.7 Å². The Balaban J connectivity index is 1.54. The number of aromatic nitrogens is 2. The maximum absolute atomic E-state index is 12.5. The molecule has 1 aliphatic rings. The molecule has 0 spiro atoms. The highest BCUT2D eigenvalue weighted by molar-refractivity contribution is 6.30. The Morgan fingerprint density at radius 1 is 1.52 bits per heavy atom. The Morgan fingerprint density at radius 2 is 2.39 bits per heavy atom. The van der Waals surface area contributed by atoms with Gasteiger partial charge in [-0.15, -0.1) is 0 Å². The van der Waals surface area contributed by atoms with Crippen LogP contribution in [0.4, 0.5) is 0 Å². The summed E-state index contributed by atoms with van der Waals surface area (Å²) in [4.78, 5) is 22.4. The molecule has 1 atom stereocenters. The van der Waals surface area contributed by atoms with Gasteiger partial charge in [-0.1, -0.05) is 17.7 Å². The van der Waals surface area contributed by atoms with Gasteiger partial charge >= 0.3 is 0 Å². The van der Waals surface area contributed by atoms with Crippen molar-refractivity contribution in [3.8, 4) is 5.75 Å². The monoisotopic (exact) mass is 332 g/mol. The number of likely N-dealkylation sites (N-methyl/N-ethyl adjacent to an activating group) is 1. The molecule has 1 N–H and O–H groups in total. The molecule has 6 nitrogen and oxygen atoms in total. The van der Waals surface area contributed by atoms with Crippen molar-refractivity contribution in [3.63, 3.8) is 0 Å². The van der Waals surface area contributed by atoms with E-state index in [1.54, 1.807) is 30.3 Å². The molecule has 120 valence electrons. The number of hydrogen-bond acceptors (Lipinski definition) is 5. The number of fused-ring (bicyclic) bond motifs is 1. The first-order valence-corrected chi connectivity index (χ1v) is 7.68. The highest BCUT2D eigenvalue weighted by Gasteiger charge is 2.31. The number of ether oxygens (including phenoxy) is 1. The van der Waals surface area contributed by atoms with Gasteiger partial charge in [-0.2, -0.15) is 0 Å². The highest BCUT2D eigenvalue weighted by Crippen LogP contribution is 2.24. The molecular weight excluding hydrogens is 316 g/mol. The molecule has 2 heterocycles. The number of nitrogens with one attached hydrogen (secondary N) is 1. The van der Waals surface area contributed by atoms with Gasteiger partial charge in [0, 0.05) is 30.4 Å². The van der Waals surface area contributed by atoms with E-state index in [1.807, 2.05) is 12.1 Å². The molecule has 7 heteroatoms. The van der Waals surface area contributed by atoms with E-state index in [-0.39, 0.29) is 11.9 Å². The van der Waals surface area contributed by atoms with Crippen LogP contribution in [0.5, 0.6) is 5.75 Å². The fraction of sp³-hybridized carbons (Fsp3) is 0.312. The van der Waals surface area contributed by atoms with E-state index in [2.05, 4.69) is 15.3 Å². The normalized spacial score (nSPS) is 16.0. The van der Waals surface area contributed by atoms with Crippen molar-refractivity contribution in [3.05, 3.63) is 53.1 Å². The number of carbonyl (C=O) groups excluding carboxylic acids is 1. The zero-order valence-electron chi connectivity index (χ0n) is 12.7. The summed E-state index contributed by atoms with van der Waals surface area (Å²) in [6.07, 6.45) is 3.19. The average Bonchev–Trinajstić information content (AvgIpc) is 2.98. The number of amides is 1. The minimum absolute atomic E-state index is 0.0201. The van der Waals surface area contributed by atoms with Gasteiger partial charge in [0.05, 0.1) is 12.2 Å². The number of rotatable bonds is 5. The lowest BCUT2D eigenvalue weighted by Crippen LogP contribution is -2.38. The maximum atomic E-state index is 12.5. The first-order valence-electron chi connectivity index (χ1n) is 7.30. The molecule has 1 aromatic carbocycles. The number of carbonyl (C=O) groups is 1. The van der Waals surface area contributed by atoms with Crippen LogP contribution in [-0.2, 0) is 11.3 Å². The summed E-state index contributed by atoms with van der Waals surface area (Å²) in [6.45, 7) is 1.46. The minimum atomic E-state index is -0.387. The highest BCUT2D eigenvalue weighted by atomic mass is 35.5. The molecule has 1 amide bonds. The van der Waals surface area contributed by atoms with Gasteiger partial charge in [0.2, 0.25) is 5.91 Å². The average molecular weight is 333 g/mol. The van der Waals surface area contributed by atoms with E-state index in [9.17, 15) is 4.79 Å². The summed E-state index contributed by atoms with van der Waals surface area (Å²) < 4.78 is 5.62. The Labute approximate surface area is 139 Å². The lowest BCUT2D eigenvalue weighted by molar-refractivity contribution is -0.132. The summed E-state index contributed by atoms with van der Waals surface area (Å²) in [6, 6.07) is 6.80. The third-order valence-electron chi connectivity index (χ3n) is 3.73. The Hall–Kier alpha value is -2.18. The van der Waals surface area contributed by atoms with Crippen LogP contribution in [0.15, 0.2) is 36.8 Å². The van der Waals surface area contributed by atoms with Crippen LogP contribution in [0.2, 0.25) is 5.02 Å². The summed E-state index contributed by atoms with van der Waals surface area (Å²) >= 11 is 5.91. The number of nitrogens with zero attached hydrogens (tertiary/aromatic N) is 3. The van der Waals surface area contributed by atoms with Crippen molar-refractivity contribution in [2.45, 2.75) is 12.6 Å². The number of hydrogen-bond donors (Lipinski definition) is 1. The van der Waals surface area contributed by atoms with Gasteiger partial charge in [-0.25, -0.2) is 9.97 Å². The number of benzene rings is 1. The minimum Gasteiger partial charge on any atom is -0.492 e. The lowest BCUT2D eigenvalue weighted by atomic mass is 10.1. The second-order valence-electron chi connectivity index (χ2n) is 5.30. The molecule has 1 unspecified atom stereocenters. The summed E-state index contributed by atoms with van der Waals surface area (Å²) in [5.41, 5.74) is 1.72. The molecule has 0 aliphatic carbocycles. The second-order valence-corrected chi connectivity index (χ2v) is 5.74. The van der Waals surface area contributed by atoms with Crippen molar-refractivity contribution < 1.29 is 9.53 Å². The summed E-state index contributed by atoms with van der Waals surface area (Å²) in [5, 5.41) is 3.79. The molecule has 0 radical (unpaired) electrons. The van der Waals surface area contributed by atoms with Crippen LogP contribution in [0, 0.1) is 0 Å². The Kier molecular flexibility index (Phi) is 4.73. The summed E-state index contributed by atoms with van der Waals surface area (Å²) in [5.74, 6) is 0.671. The molecule has 0 saturated heterocycles. The molecule has 1 aliphatic heterocycles. The molecule has 1 aromatic heterocycles. The molecular formula is C16H17ClN4O2. The van der Waals surface area contributed by atoms with Crippen LogP contribution in [-0.4, -0.2) is 41.0 Å². The van der Waals surface area contributed by atoms with Crippen molar-refractivity contribution in [2.24, 2.45) is 0 Å². The van der Waals surface area contributed by atoms with Gasteiger partial charge in [-0.3, -0.25) is 10.1 Å². The fourth-order valence-corrected chi connectivity index (χ4v) is 2.65.